The lowest BCUT2D eigenvalue weighted by atomic mass is 9.76. The van der Waals surface area contributed by atoms with Crippen LogP contribution in [0.4, 0.5) is 0 Å². The second kappa shape index (κ2) is 4.97. The first-order chi connectivity index (χ1) is 9.17. The molecule has 102 valence electrons. The molecule has 1 heterocycles. The maximum absolute atomic E-state index is 12.1. The molecule has 0 amide bonds. The number of carbonyl (C=O) groups is 1. The van der Waals surface area contributed by atoms with Crippen LogP contribution in [0.5, 0.6) is 0 Å². The number of nitrogens with one attached hydrogen (secondary N) is 1. The standard InChI is InChI=1S/C16H21NO2/c1-16(10-12-6-5-7-12)15(18)19-11-14(17-16)13-8-3-2-4-9-13/h2-4,8-9,12,14,17H,5-7,10-11H2,1H3/t14-,16+/m1/s1. The van der Waals surface area contributed by atoms with Gasteiger partial charge in [0.2, 0.25) is 0 Å². The lowest BCUT2D eigenvalue weighted by molar-refractivity contribution is -0.159. The van der Waals surface area contributed by atoms with Gasteiger partial charge in [0, 0.05) is 0 Å². The van der Waals surface area contributed by atoms with Gasteiger partial charge in [-0.3, -0.25) is 10.1 Å². The van der Waals surface area contributed by atoms with E-state index < -0.39 is 5.54 Å². The first-order valence-electron chi connectivity index (χ1n) is 7.17. The maximum Gasteiger partial charge on any atom is 0.326 e. The van der Waals surface area contributed by atoms with Crippen LogP contribution in [0.25, 0.3) is 0 Å². The Balaban J connectivity index is 1.74. The molecule has 19 heavy (non-hydrogen) atoms. The molecular formula is C16H21NO2. The SMILES string of the molecule is C[C@@]1(CC2CCC2)N[C@@H](c2ccccc2)COC1=O. The van der Waals surface area contributed by atoms with E-state index in [-0.39, 0.29) is 12.0 Å². The van der Waals surface area contributed by atoms with E-state index in [1.165, 1.54) is 24.8 Å². The minimum absolute atomic E-state index is 0.0911. The minimum Gasteiger partial charge on any atom is -0.462 e. The number of carbonyl (C=O) groups excluding carboxylic acids is 1. The van der Waals surface area contributed by atoms with Crippen molar-refractivity contribution in [2.45, 2.75) is 44.2 Å². The summed E-state index contributed by atoms with van der Waals surface area (Å²) >= 11 is 0. The lowest BCUT2D eigenvalue weighted by Gasteiger charge is -2.41. The van der Waals surface area contributed by atoms with E-state index in [4.69, 9.17) is 4.74 Å². The van der Waals surface area contributed by atoms with Crippen molar-refractivity contribution in [2.24, 2.45) is 5.92 Å². The molecule has 0 unspecified atom stereocenters. The Labute approximate surface area is 114 Å². The molecule has 1 N–H and O–H groups in total. The van der Waals surface area contributed by atoms with Crippen molar-refractivity contribution in [3.05, 3.63) is 35.9 Å². The predicted molar refractivity (Wildman–Crippen MR) is 73.6 cm³/mol. The molecule has 3 nitrogen and oxygen atoms in total. The molecule has 1 saturated heterocycles. The third-order valence-electron chi connectivity index (χ3n) is 4.45. The summed E-state index contributed by atoms with van der Waals surface area (Å²) in [5.74, 6) is 0.589. The second-order valence-corrected chi connectivity index (χ2v) is 6.04. The number of esters is 1. The largest absolute Gasteiger partial charge is 0.462 e. The highest BCUT2D eigenvalue weighted by Crippen LogP contribution is 2.36. The number of morpholine rings is 1. The Morgan fingerprint density at radius 2 is 2.05 bits per heavy atom. The first kappa shape index (κ1) is 12.7. The number of rotatable bonds is 3. The fraction of sp³-hybridized carbons (Fsp3) is 0.562. The van der Waals surface area contributed by atoms with Gasteiger partial charge in [0.1, 0.15) is 12.1 Å². The highest BCUT2D eigenvalue weighted by molar-refractivity contribution is 5.81. The summed E-state index contributed by atoms with van der Waals surface area (Å²) in [6.07, 6.45) is 4.70. The van der Waals surface area contributed by atoms with Gasteiger partial charge in [-0.1, -0.05) is 49.6 Å². The third kappa shape index (κ3) is 2.52. The predicted octanol–water partition coefficient (Wildman–Crippen LogP) is 2.82. The van der Waals surface area contributed by atoms with Gasteiger partial charge in [-0.2, -0.15) is 0 Å². The average Bonchev–Trinajstić information content (AvgIpc) is 2.39. The van der Waals surface area contributed by atoms with Gasteiger partial charge in [0.25, 0.3) is 0 Å². The van der Waals surface area contributed by atoms with Crippen LogP contribution in [-0.4, -0.2) is 18.1 Å². The smallest absolute Gasteiger partial charge is 0.326 e. The van der Waals surface area contributed by atoms with Gasteiger partial charge in [0.05, 0.1) is 6.04 Å². The monoisotopic (exact) mass is 259 g/mol. The van der Waals surface area contributed by atoms with E-state index in [1.54, 1.807) is 0 Å². The highest BCUT2D eigenvalue weighted by atomic mass is 16.5. The topological polar surface area (TPSA) is 38.3 Å². The molecule has 0 bridgehead atoms. The third-order valence-corrected chi connectivity index (χ3v) is 4.45. The summed E-state index contributed by atoms with van der Waals surface area (Å²) in [4.78, 5) is 12.1. The number of cyclic esters (lactones) is 1. The highest BCUT2D eigenvalue weighted by Gasteiger charge is 2.43. The van der Waals surface area contributed by atoms with Crippen LogP contribution < -0.4 is 5.32 Å². The molecule has 0 spiro atoms. The summed E-state index contributed by atoms with van der Waals surface area (Å²) in [6.45, 7) is 2.42. The Morgan fingerprint density at radius 3 is 2.68 bits per heavy atom. The fourth-order valence-corrected chi connectivity index (χ4v) is 3.08. The molecule has 1 aliphatic carbocycles. The maximum atomic E-state index is 12.1. The number of hydrogen-bond acceptors (Lipinski definition) is 3. The Bertz CT molecular complexity index is 455. The van der Waals surface area contributed by atoms with Crippen LogP contribution in [0.15, 0.2) is 30.3 Å². The average molecular weight is 259 g/mol. The molecule has 2 atom stereocenters. The fourth-order valence-electron chi connectivity index (χ4n) is 3.08. The molecule has 1 saturated carbocycles. The van der Waals surface area contributed by atoms with E-state index in [1.807, 2.05) is 25.1 Å². The van der Waals surface area contributed by atoms with Crippen molar-refractivity contribution >= 4 is 5.97 Å². The van der Waals surface area contributed by atoms with Crippen LogP contribution in [0.3, 0.4) is 0 Å². The van der Waals surface area contributed by atoms with Crippen molar-refractivity contribution in [3.8, 4) is 0 Å². The van der Waals surface area contributed by atoms with Crippen molar-refractivity contribution in [3.63, 3.8) is 0 Å². The molecule has 0 aromatic heterocycles. The van der Waals surface area contributed by atoms with Gasteiger partial charge >= 0.3 is 5.97 Å². The Kier molecular flexibility index (Phi) is 3.31. The summed E-state index contributed by atoms with van der Waals surface area (Å²) < 4.78 is 5.43. The minimum atomic E-state index is -0.524. The van der Waals surface area contributed by atoms with E-state index in [2.05, 4.69) is 17.4 Å². The van der Waals surface area contributed by atoms with Gasteiger partial charge < -0.3 is 4.74 Å². The van der Waals surface area contributed by atoms with Gasteiger partial charge in [-0.15, -0.1) is 0 Å². The van der Waals surface area contributed by atoms with Crippen molar-refractivity contribution in [2.75, 3.05) is 6.61 Å². The van der Waals surface area contributed by atoms with Crippen LogP contribution in [-0.2, 0) is 9.53 Å². The molecule has 1 aliphatic heterocycles. The molecule has 2 fully saturated rings. The summed E-state index contributed by atoms with van der Waals surface area (Å²) in [5.41, 5.74) is 0.666. The van der Waals surface area contributed by atoms with E-state index >= 15 is 0 Å². The normalized spacial score (nSPS) is 31.6. The lowest BCUT2D eigenvalue weighted by Crippen LogP contribution is -2.58. The van der Waals surface area contributed by atoms with Crippen LogP contribution in [0.2, 0.25) is 0 Å². The molecule has 1 aromatic carbocycles. The molecule has 2 aliphatic rings. The summed E-state index contributed by atoms with van der Waals surface area (Å²) in [6, 6.07) is 10.3. The Hall–Kier alpha value is -1.35. The van der Waals surface area contributed by atoms with Crippen LogP contribution in [0.1, 0.15) is 44.2 Å². The van der Waals surface area contributed by atoms with E-state index in [9.17, 15) is 4.79 Å². The number of benzene rings is 1. The number of ether oxygens (including phenoxy) is 1. The zero-order valence-corrected chi connectivity index (χ0v) is 11.4. The molecule has 3 rings (SSSR count). The molecule has 3 heteroatoms. The van der Waals surface area contributed by atoms with Crippen molar-refractivity contribution in [1.82, 2.24) is 5.32 Å². The van der Waals surface area contributed by atoms with E-state index in [0.29, 0.717) is 12.5 Å². The Morgan fingerprint density at radius 1 is 1.32 bits per heavy atom. The van der Waals surface area contributed by atoms with Gasteiger partial charge in [-0.05, 0) is 24.8 Å². The van der Waals surface area contributed by atoms with Crippen LogP contribution in [0, 0.1) is 5.92 Å². The van der Waals surface area contributed by atoms with Crippen molar-refractivity contribution in [1.29, 1.82) is 0 Å². The molecular weight excluding hydrogens is 238 g/mol. The zero-order valence-electron chi connectivity index (χ0n) is 11.4. The summed E-state index contributed by atoms with van der Waals surface area (Å²) in [7, 11) is 0. The van der Waals surface area contributed by atoms with Crippen molar-refractivity contribution < 1.29 is 9.53 Å². The van der Waals surface area contributed by atoms with Crippen LogP contribution >= 0.6 is 0 Å². The zero-order chi connectivity index (χ0) is 13.3. The van der Waals surface area contributed by atoms with E-state index in [0.717, 1.165) is 6.42 Å². The van der Waals surface area contributed by atoms with Gasteiger partial charge in [0.15, 0.2) is 0 Å². The second-order valence-electron chi connectivity index (χ2n) is 6.04. The quantitative estimate of drug-likeness (QED) is 0.848. The summed E-state index contributed by atoms with van der Waals surface area (Å²) in [5, 5.41) is 3.52. The van der Waals surface area contributed by atoms with Gasteiger partial charge in [-0.25, -0.2) is 0 Å². The molecule has 1 aromatic rings. The number of hydrogen-bond donors (Lipinski definition) is 1. The molecule has 0 radical (unpaired) electrons. The first-order valence-corrected chi connectivity index (χ1v) is 7.17.